The van der Waals surface area contributed by atoms with Crippen LogP contribution in [0.5, 0.6) is 0 Å². The average Bonchev–Trinajstić information content (AvgIpc) is 2.33. The van der Waals surface area contributed by atoms with Gasteiger partial charge in [0.2, 0.25) is 0 Å². The van der Waals surface area contributed by atoms with Crippen molar-refractivity contribution in [2.24, 2.45) is 0 Å². The lowest BCUT2D eigenvalue weighted by atomic mass is 9.94. The molecular weight excluding hydrogens is 265 g/mol. The number of rotatable bonds is 5. The SMILES string of the molecule is CC.CC(=O)C(CNC(C)C)c1ccc(Cl)cc1F. The Morgan fingerprint density at radius 3 is 2.37 bits per heavy atom. The molecule has 0 saturated heterocycles. The van der Waals surface area contributed by atoms with Crippen LogP contribution in [0, 0.1) is 5.82 Å². The number of nitrogens with one attached hydrogen (secondary N) is 1. The summed E-state index contributed by atoms with van der Waals surface area (Å²) in [6, 6.07) is 4.67. The quantitative estimate of drug-likeness (QED) is 0.880. The lowest BCUT2D eigenvalue weighted by Gasteiger charge is -2.17. The Labute approximate surface area is 120 Å². The number of benzene rings is 1. The first-order chi connectivity index (χ1) is 8.91. The molecule has 0 radical (unpaired) electrons. The van der Waals surface area contributed by atoms with Crippen LogP contribution in [0.15, 0.2) is 18.2 Å². The van der Waals surface area contributed by atoms with E-state index in [-0.39, 0.29) is 11.8 Å². The van der Waals surface area contributed by atoms with Crippen LogP contribution in [-0.4, -0.2) is 18.4 Å². The number of carbonyl (C=O) groups is 1. The Kier molecular flexibility index (Phi) is 8.61. The minimum atomic E-state index is -0.463. The summed E-state index contributed by atoms with van der Waals surface area (Å²) in [6.07, 6.45) is 0. The number of hydrogen-bond acceptors (Lipinski definition) is 2. The van der Waals surface area contributed by atoms with Gasteiger partial charge in [0.25, 0.3) is 0 Å². The molecule has 0 amide bonds. The Balaban J connectivity index is 0.00000154. The van der Waals surface area contributed by atoms with Gasteiger partial charge in [0.05, 0.1) is 5.92 Å². The predicted molar refractivity (Wildman–Crippen MR) is 79.3 cm³/mol. The van der Waals surface area contributed by atoms with Gasteiger partial charge in [0.15, 0.2) is 0 Å². The fraction of sp³-hybridized carbons (Fsp3) is 0.533. The van der Waals surface area contributed by atoms with Crippen molar-refractivity contribution < 1.29 is 9.18 Å². The molecule has 1 rings (SSSR count). The summed E-state index contributed by atoms with van der Waals surface area (Å²) in [5, 5.41) is 3.49. The Morgan fingerprint density at radius 2 is 1.95 bits per heavy atom. The largest absolute Gasteiger partial charge is 0.313 e. The van der Waals surface area contributed by atoms with E-state index in [0.29, 0.717) is 17.1 Å². The topological polar surface area (TPSA) is 29.1 Å². The molecule has 108 valence electrons. The number of halogens is 2. The van der Waals surface area contributed by atoms with E-state index in [1.54, 1.807) is 12.1 Å². The zero-order valence-corrected chi connectivity index (χ0v) is 13.0. The fourth-order valence-corrected chi connectivity index (χ4v) is 1.77. The smallest absolute Gasteiger partial charge is 0.138 e. The molecule has 4 heteroatoms. The van der Waals surface area contributed by atoms with E-state index >= 15 is 0 Å². The summed E-state index contributed by atoms with van der Waals surface area (Å²) in [5.41, 5.74) is 0.398. The molecule has 0 fully saturated rings. The molecule has 1 aromatic rings. The van der Waals surface area contributed by atoms with Gasteiger partial charge in [-0.3, -0.25) is 4.79 Å². The minimum absolute atomic E-state index is 0.0561. The van der Waals surface area contributed by atoms with Gasteiger partial charge in [-0.2, -0.15) is 0 Å². The molecule has 1 aromatic carbocycles. The standard InChI is InChI=1S/C13H17ClFNO.C2H6/c1-8(2)16-7-12(9(3)17)11-5-4-10(14)6-13(11)15;1-2/h4-6,8,12,16H,7H2,1-3H3;1-2H3. The summed E-state index contributed by atoms with van der Waals surface area (Å²) >= 11 is 5.69. The van der Waals surface area contributed by atoms with Crippen molar-refractivity contribution in [3.8, 4) is 0 Å². The number of carbonyl (C=O) groups excluding carboxylic acids is 1. The fourth-order valence-electron chi connectivity index (χ4n) is 1.61. The summed E-state index contributed by atoms with van der Waals surface area (Å²) in [7, 11) is 0. The van der Waals surface area contributed by atoms with E-state index in [2.05, 4.69) is 5.32 Å². The summed E-state index contributed by atoms with van der Waals surface area (Å²) in [6.45, 7) is 9.87. The summed E-state index contributed by atoms with van der Waals surface area (Å²) in [5.74, 6) is -0.947. The van der Waals surface area contributed by atoms with Crippen LogP contribution >= 0.6 is 11.6 Å². The van der Waals surface area contributed by atoms with Crippen LogP contribution < -0.4 is 5.32 Å². The van der Waals surface area contributed by atoms with Crippen molar-refractivity contribution in [1.82, 2.24) is 5.32 Å². The van der Waals surface area contributed by atoms with Crippen LogP contribution in [-0.2, 0) is 4.79 Å². The average molecular weight is 288 g/mol. The molecule has 0 aliphatic rings. The van der Waals surface area contributed by atoms with Crippen molar-refractivity contribution in [3.63, 3.8) is 0 Å². The van der Waals surface area contributed by atoms with Crippen LogP contribution in [0.25, 0.3) is 0 Å². The molecule has 0 heterocycles. The molecule has 19 heavy (non-hydrogen) atoms. The molecule has 1 atom stereocenters. The molecule has 0 aliphatic carbocycles. The second kappa shape index (κ2) is 9.05. The van der Waals surface area contributed by atoms with Crippen molar-refractivity contribution in [1.29, 1.82) is 0 Å². The molecule has 0 saturated carbocycles. The Hall–Kier alpha value is -0.930. The van der Waals surface area contributed by atoms with Gasteiger partial charge in [-0.1, -0.05) is 45.4 Å². The van der Waals surface area contributed by atoms with E-state index in [1.807, 2.05) is 27.7 Å². The van der Waals surface area contributed by atoms with E-state index in [4.69, 9.17) is 11.6 Å². The van der Waals surface area contributed by atoms with Crippen LogP contribution in [0.3, 0.4) is 0 Å². The maximum absolute atomic E-state index is 13.7. The highest BCUT2D eigenvalue weighted by Gasteiger charge is 2.20. The van der Waals surface area contributed by atoms with E-state index in [9.17, 15) is 9.18 Å². The molecule has 1 unspecified atom stereocenters. The van der Waals surface area contributed by atoms with E-state index in [0.717, 1.165) is 0 Å². The first kappa shape index (κ1) is 18.1. The van der Waals surface area contributed by atoms with Gasteiger partial charge in [0, 0.05) is 17.6 Å². The second-order valence-corrected chi connectivity index (χ2v) is 4.83. The van der Waals surface area contributed by atoms with Crippen molar-refractivity contribution in [2.45, 2.75) is 46.6 Å². The Bertz CT molecular complexity index is 407. The van der Waals surface area contributed by atoms with Gasteiger partial charge in [-0.15, -0.1) is 0 Å². The minimum Gasteiger partial charge on any atom is -0.313 e. The summed E-state index contributed by atoms with van der Waals surface area (Å²) < 4.78 is 13.7. The highest BCUT2D eigenvalue weighted by atomic mass is 35.5. The molecule has 0 bridgehead atoms. The normalized spacial score (nSPS) is 11.8. The maximum Gasteiger partial charge on any atom is 0.138 e. The number of hydrogen-bond donors (Lipinski definition) is 1. The number of Topliss-reactive ketones (excluding diaryl/α,β-unsaturated/α-hetero) is 1. The lowest BCUT2D eigenvalue weighted by Crippen LogP contribution is -2.31. The summed E-state index contributed by atoms with van der Waals surface area (Å²) in [4.78, 5) is 11.6. The zero-order valence-electron chi connectivity index (χ0n) is 12.3. The molecular formula is C15H23ClFNO. The zero-order chi connectivity index (χ0) is 15.0. The highest BCUT2D eigenvalue weighted by molar-refractivity contribution is 6.30. The van der Waals surface area contributed by atoms with Crippen LogP contribution in [0.1, 0.15) is 46.1 Å². The second-order valence-electron chi connectivity index (χ2n) is 4.39. The predicted octanol–water partition coefficient (Wildman–Crippen LogP) is 4.18. The maximum atomic E-state index is 13.7. The number of ketones is 1. The third kappa shape index (κ3) is 6.17. The molecule has 0 aliphatic heterocycles. The Morgan fingerprint density at radius 1 is 1.37 bits per heavy atom. The lowest BCUT2D eigenvalue weighted by molar-refractivity contribution is -0.118. The van der Waals surface area contributed by atoms with Gasteiger partial charge < -0.3 is 5.32 Å². The van der Waals surface area contributed by atoms with Gasteiger partial charge in [0.1, 0.15) is 11.6 Å². The third-order valence-electron chi connectivity index (χ3n) is 2.56. The monoisotopic (exact) mass is 287 g/mol. The van der Waals surface area contributed by atoms with Crippen molar-refractivity contribution in [3.05, 3.63) is 34.6 Å². The molecule has 2 nitrogen and oxygen atoms in total. The van der Waals surface area contributed by atoms with Crippen molar-refractivity contribution >= 4 is 17.4 Å². The van der Waals surface area contributed by atoms with Gasteiger partial charge in [-0.25, -0.2) is 4.39 Å². The van der Waals surface area contributed by atoms with Crippen molar-refractivity contribution in [2.75, 3.05) is 6.54 Å². The molecule has 0 aromatic heterocycles. The molecule has 0 spiro atoms. The van der Waals surface area contributed by atoms with Crippen LogP contribution in [0.2, 0.25) is 5.02 Å². The first-order valence-electron chi connectivity index (χ1n) is 6.60. The first-order valence-corrected chi connectivity index (χ1v) is 6.98. The van der Waals surface area contributed by atoms with Crippen LogP contribution in [0.4, 0.5) is 4.39 Å². The van der Waals surface area contributed by atoms with Gasteiger partial charge >= 0.3 is 0 Å². The highest BCUT2D eigenvalue weighted by Crippen LogP contribution is 2.23. The van der Waals surface area contributed by atoms with E-state index < -0.39 is 11.7 Å². The third-order valence-corrected chi connectivity index (χ3v) is 2.79. The van der Waals surface area contributed by atoms with Gasteiger partial charge in [-0.05, 0) is 24.6 Å². The van der Waals surface area contributed by atoms with E-state index in [1.165, 1.54) is 13.0 Å². The molecule has 1 N–H and O–H groups in total.